The maximum Gasteiger partial charge on any atom is 0.295 e. The van der Waals surface area contributed by atoms with Gasteiger partial charge in [0.25, 0.3) is 11.7 Å². The Labute approximate surface area is 173 Å². The summed E-state index contributed by atoms with van der Waals surface area (Å²) in [5, 5.41) is 11.1. The van der Waals surface area contributed by atoms with E-state index in [1.807, 2.05) is 0 Å². The molecule has 0 saturated carbocycles. The maximum atomic E-state index is 12.9. The molecular weight excluding hydrogens is 390 g/mol. The summed E-state index contributed by atoms with van der Waals surface area (Å²) in [6.07, 6.45) is 0.545. The summed E-state index contributed by atoms with van der Waals surface area (Å²) in [6, 6.07) is 7.56. The highest BCUT2D eigenvalue weighted by Crippen LogP contribution is 2.41. The van der Waals surface area contributed by atoms with Crippen molar-refractivity contribution in [3.8, 4) is 11.5 Å². The predicted molar refractivity (Wildman–Crippen MR) is 106 cm³/mol. The zero-order valence-corrected chi connectivity index (χ0v) is 16.8. The first-order valence-electron chi connectivity index (χ1n) is 9.75. The van der Waals surface area contributed by atoms with Crippen molar-refractivity contribution in [2.75, 3.05) is 33.5 Å². The fraction of sp³-hybridized carbons (Fsp3) is 0.364. The summed E-state index contributed by atoms with van der Waals surface area (Å²) in [6.45, 7) is 3.35. The normalized spacial score (nSPS) is 20.1. The van der Waals surface area contributed by atoms with Crippen molar-refractivity contribution >= 4 is 17.4 Å². The number of amides is 1. The molecule has 0 spiro atoms. The van der Waals surface area contributed by atoms with E-state index in [2.05, 4.69) is 0 Å². The van der Waals surface area contributed by atoms with Gasteiger partial charge in [-0.15, -0.1) is 0 Å². The van der Waals surface area contributed by atoms with Crippen molar-refractivity contribution in [1.29, 1.82) is 0 Å². The molecule has 8 heteroatoms. The number of aliphatic hydroxyl groups excluding tert-OH is 1. The van der Waals surface area contributed by atoms with Gasteiger partial charge in [-0.3, -0.25) is 9.59 Å². The van der Waals surface area contributed by atoms with Gasteiger partial charge < -0.3 is 28.6 Å². The summed E-state index contributed by atoms with van der Waals surface area (Å²) >= 11 is 0. The average molecular weight is 413 g/mol. The minimum absolute atomic E-state index is 0.0107. The number of ketones is 1. The van der Waals surface area contributed by atoms with Crippen LogP contribution >= 0.6 is 0 Å². The number of hydrogen-bond acceptors (Lipinski definition) is 7. The van der Waals surface area contributed by atoms with Gasteiger partial charge in [-0.2, -0.15) is 0 Å². The second kappa shape index (κ2) is 8.23. The number of carbonyl (C=O) groups excluding carboxylic acids is 2. The number of furan rings is 1. The largest absolute Gasteiger partial charge is 0.507 e. The van der Waals surface area contributed by atoms with E-state index in [4.69, 9.17) is 18.6 Å². The molecule has 2 aliphatic heterocycles. The fourth-order valence-corrected chi connectivity index (χ4v) is 3.73. The number of likely N-dealkylation sites (tertiary alicyclic amines) is 1. The molecule has 8 nitrogen and oxygen atoms in total. The zero-order chi connectivity index (χ0) is 21.3. The number of benzene rings is 1. The molecule has 1 saturated heterocycles. The Morgan fingerprint density at radius 3 is 2.63 bits per heavy atom. The number of carbonyl (C=O) groups is 2. The monoisotopic (exact) mass is 413 g/mol. The van der Waals surface area contributed by atoms with E-state index < -0.39 is 17.7 Å². The van der Waals surface area contributed by atoms with Crippen molar-refractivity contribution in [2.45, 2.75) is 19.4 Å². The van der Waals surface area contributed by atoms with Crippen molar-refractivity contribution in [1.82, 2.24) is 4.90 Å². The number of aliphatic hydroxyl groups is 1. The molecule has 1 amide bonds. The Hall–Kier alpha value is -3.26. The highest BCUT2D eigenvalue weighted by molar-refractivity contribution is 6.46. The van der Waals surface area contributed by atoms with Gasteiger partial charge in [0.05, 0.1) is 5.57 Å². The third-order valence-corrected chi connectivity index (χ3v) is 5.13. The van der Waals surface area contributed by atoms with Gasteiger partial charge in [-0.25, -0.2) is 0 Å². The highest BCUT2D eigenvalue weighted by atomic mass is 16.6. The standard InChI is InChI=1S/C22H23NO7/c1-13-4-6-16(30-13)19-18(21(25)22(26)23(19)8-3-9-27-2)20(24)14-5-7-15-17(12-14)29-11-10-28-15/h4-7,12,19,24H,3,8-11H2,1-2H3. The zero-order valence-electron chi connectivity index (χ0n) is 16.8. The smallest absolute Gasteiger partial charge is 0.295 e. The topological polar surface area (TPSA) is 98.4 Å². The summed E-state index contributed by atoms with van der Waals surface area (Å²) in [7, 11) is 1.57. The second-order valence-electron chi connectivity index (χ2n) is 7.15. The lowest BCUT2D eigenvalue weighted by atomic mass is 9.99. The number of fused-ring (bicyclic) bond motifs is 1. The van der Waals surface area contributed by atoms with Crippen LogP contribution in [0.2, 0.25) is 0 Å². The molecule has 1 aromatic carbocycles. The van der Waals surface area contributed by atoms with E-state index in [0.717, 1.165) is 0 Å². The molecule has 2 aromatic rings. The molecule has 0 aliphatic carbocycles. The summed E-state index contributed by atoms with van der Waals surface area (Å²) in [4.78, 5) is 27.1. The molecule has 158 valence electrons. The quantitative estimate of drug-likeness (QED) is 0.336. The predicted octanol–water partition coefficient (Wildman–Crippen LogP) is 2.82. The van der Waals surface area contributed by atoms with E-state index in [9.17, 15) is 14.7 Å². The third-order valence-electron chi connectivity index (χ3n) is 5.13. The molecule has 0 radical (unpaired) electrons. The number of aryl methyl sites for hydroxylation is 1. The fourth-order valence-electron chi connectivity index (χ4n) is 3.73. The summed E-state index contributed by atoms with van der Waals surface area (Å²) in [5.41, 5.74) is 0.353. The first-order valence-corrected chi connectivity index (χ1v) is 9.75. The van der Waals surface area contributed by atoms with Crippen LogP contribution in [0.5, 0.6) is 11.5 Å². The number of Topliss-reactive ketones (excluding diaryl/α,β-unsaturated/α-hetero) is 1. The van der Waals surface area contributed by atoms with Crippen LogP contribution in [0, 0.1) is 6.92 Å². The number of ether oxygens (including phenoxy) is 3. The Kier molecular flexibility index (Phi) is 5.50. The van der Waals surface area contributed by atoms with Crippen LogP contribution in [0.1, 0.15) is 29.5 Å². The van der Waals surface area contributed by atoms with Gasteiger partial charge in [-0.05, 0) is 43.7 Å². The van der Waals surface area contributed by atoms with Crippen LogP contribution in [0.25, 0.3) is 5.76 Å². The Balaban J connectivity index is 1.78. The van der Waals surface area contributed by atoms with Crippen LogP contribution in [0.3, 0.4) is 0 Å². The van der Waals surface area contributed by atoms with Gasteiger partial charge >= 0.3 is 0 Å². The van der Waals surface area contributed by atoms with Crippen LogP contribution < -0.4 is 9.47 Å². The van der Waals surface area contributed by atoms with Gasteiger partial charge in [0, 0.05) is 25.8 Å². The van der Waals surface area contributed by atoms with Crippen molar-refractivity contribution < 1.29 is 33.3 Å². The van der Waals surface area contributed by atoms with E-state index >= 15 is 0 Å². The minimum Gasteiger partial charge on any atom is -0.507 e. The van der Waals surface area contributed by atoms with Crippen molar-refractivity contribution in [2.24, 2.45) is 0 Å². The van der Waals surface area contributed by atoms with Gasteiger partial charge in [0.2, 0.25) is 0 Å². The molecule has 1 unspecified atom stereocenters. The van der Waals surface area contributed by atoms with E-state index in [1.165, 1.54) is 4.90 Å². The molecule has 1 N–H and O–H groups in total. The SMILES string of the molecule is COCCCN1C(=O)C(=O)C(=C(O)c2ccc3c(c2)OCCO3)C1c1ccc(C)o1. The first-order chi connectivity index (χ1) is 14.5. The minimum atomic E-state index is -0.816. The number of rotatable bonds is 6. The van der Waals surface area contributed by atoms with Crippen LogP contribution in [-0.2, 0) is 14.3 Å². The van der Waals surface area contributed by atoms with Gasteiger partial charge in [0.15, 0.2) is 11.5 Å². The lowest BCUT2D eigenvalue weighted by molar-refractivity contribution is -0.140. The molecule has 3 heterocycles. The summed E-state index contributed by atoms with van der Waals surface area (Å²) < 4.78 is 21.9. The molecule has 1 fully saturated rings. The summed E-state index contributed by atoms with van der Waals surface area (Å²) in [5.74, 6) is 0.401. The van der Waals surface area contributed by atoms with Crippen LogP contribution in [-0.4, -0.2) is 55.2 Å². The molecule has 1 aromatic heterocycles. The maximum absolute atomic E-state index is 12.9. The number of methoxy groups -OCH3 is 1. The van der Waals surface area contributed by atoms with Crippen LogP contribution in [0.15, 0.2) is 40.3 Å². The first kappa shape index (κ1) is 20.0. The lowest BCUT2D eigenvalue weighted by Crippen LogP contribution is -2.31. The van der Waals surface area contributed by atoms with Gasteiger partial charge in [-0.1, -0.05) is 0 Å². The van der Waals surface area contributed by atoms with E-state index in [1.54, 1.807) is 44.4 Å². The third kappa shape index (κ3) is 3.54. The second-order valence-corrected chi connectivity index (χ2v) is 7.15. The van der Waals surface area contributed by atoms with Crippen molar-refractivity contribution in [3.05, 3.63) is 53.0 Å². The lowest BCUT2D eigenvalue weighted by Gasteiger charge is -2.23. The number of hydrogen-bond donors (Lipinski definition) is 1. The van der Waals surface area contributed by atoms with E-state index in [0.29, 0.717) is 61.4 Å². The molecular formula is C22H23NO7. The number of nitrogens with zero attached hydrogens (tertiary/aromatic N) is 1. The Morgan fingerprint density at radius 1 is 1.17 bits per heavy atom. The van der Waals surface area contributed by atoms with Gasteiger partial charge in [0.1, 0.15) is 36.5 Å². The average Bonchev–Trinajstić information content (AvgIpc) is 3.29. The molecule has 4 rings (SSSR count). The Bertz CT molecular complexity index is 1010. The molecule has 2 aliphatic rings. The van der Waals surface area contributed by atoms with Crippen molar-refractivity contribution in [3.63, 3.8) is 0 Å². The Morgan fingerprint density at radius 2 is 1.93 bits per heavy atom. The molecule has 0 bridgehead atoms. The van der Waals surface area contributed by atoms with E-state index in [-0.39, 0.29) is 11.3 Å². The van der Waals surface area contributed by atoms with Crippen LogP contribution in [0.4, 0.5) is 0 Å². The highest BCUT2D eigenvalue weighted by Gasteiger charge is 2.47. The molecule has 30 heavy (non-hydrogen) atoms. The molecule has 1 atom stereocenters.